The van der Waals surface area contributed by atoms with Crippen LogP contribution in [0.5, 0.6) is 5.75 Å². The lowest BCUT2D eigenvalue weighted by Crippen LogP contribution is -2.11. The summed E-state index contributed by atoms with van der Waals surface area (Å²) in [7, 11) is 0. The number of halogens is 1. The molecule has 1 heterocycles. The summed E-state index contributed by atoms with van der Waals surface area (Å²) in [6, 6.07) is 8.65. The number of ether oxygens (including phenoxy) is 1. The highest BCUT2D eigenvalue weighted by molar-refractivity contribution is 6.32. The van der Waals surface area contributed by atoms with Crippen molar-refractivity contribution < 1.29 is 13.9 Å². The third kappa shape index (κ3) is 3.51. The zero-order valence-electron chi connectivity index (χ0n) is 10.6. The monoisotopic (exact) mass is 279 g/mol. The fourth-order valence-corrected chi connectivity index (χ4v) is 1.74. The Hall–Kier alpha value is -1.94. The molecule has 0 saturated carbocycles. The maximum absolute atomic E-state index is 11.9. The number of carbonyl (C=O) groups excluding carboxylic acids is 1. The number of benzene rings is 1. The van der Waals surface area contributed by atoms with E-state index in [4.69, 9.17) is 20.8 Å². The highest BCUT2D eigenvalue weighted by Gasteiger charge is 2.12. The van der Waals surface area contributed by atoms with Crippen molar-refractivity contribution in [2.24, 2.45) is 0 Å². The van der Waals surface area contributed by atoms with E-state index in [1.807, 2.05) is 13.8 Å². The molecule has 100 valence electrons. The third-order valence-electron chi connectivity index (χ3n) is 2.35. The number of furan rings is 1. The molecule has 0 bridgehead atoms. The van der Waals surface area contributed by atoms with Gasteiger partial charge in [-0.25, -0.2) is 0 Å². The molecule has 1 amide bonds. The Morgan fingerprint density at radius 1 is 1.26 bits per heavy atom. The summed E-state index contributed by atoms with van der Waals surface area (Å²) in [5.74, 6) is 0.450. The largest absolute Gasteiger partial charge is 0.491 e. The second-order valence-corrected chi connectivity index (χ2v) is 4.60. The highest BCUT2D eigenvalue weighted by atomic mass is 35.5. The van der Waals surface area contributed by atoms with Gasteiger partial charge < -0.3 is 14.5 Å². The van der Waals surface area contributed by atoms with E-state index in [9.17, 15) is 4.79 Å². The summed E-state index contributed by atoms with van der Waals surface area (Å²) in [6.07, 6.45) is 1.49. The van der Waals surface area contributed by atoms with Gasteiger partial charge in [-0.05, 0) is 55.8 Å². The van der Waals surface area contributed by atoms with Crippen LogP contribution in [0.25, 0.3) is 0 Å². The minimum absolute atomic E-state index is 0.0808. The second kappa shape index (κ2) is 5.80. The standard InChI is InChI=1S/C14H14ClNO3/c1-9(2)19-11-5-3-10(4-6-11)16-14(17)12-7-8-18-13(12)15/h3-9H,1-2H3,(H,16,17). The van der Waals surface area contributed by atoms with Crippen LogP contribution in [0.15, 0.2) is 41.0 Å². The molecule has 0 saturated heterocycles. The first kappa shape index (κ1) is 13.5. The summed E-state index contributed by atoms with van der Waals surface area (Å²) < 4.78 is 10.4. The smallest absolute Gasteiger partial charge is 0.260 e. The molecule has 0 radical (unpaired) electrons. The first-order chi connectivity index (χ1) is 9.06. The number of carbonyl (C=O) groups is 1. The van der Waals surface area contributed by atoms with Gasteiger partial charge in [-0.1, -0.05) is 0 Å². The molecule has 1 N–H and O–H groups in total. The summed E-state index contributed by atoms with van der Waals surface area (Å²) in [4.78, 5) is 11.9. The lowest BCUT2D eigenvalue weighted by atomic mass is 10.2. The molecule has 0 spiro atoms. The Morgan fingerprint density at radius 2 is 1.95 bits per heavy atom. The summed E-state index contributed by atoms with van der Waals surface area (Å²) in [6.45, 7) is 3.91. The van der Waals surface area contributed by atoms with Crippen LogP contribution in [0.1, 0.15) is 24.2 Å². The Morgan fingerprint density at radius 3 is 2.47 bits per heavy atom. The number of rotatable bonds is 4. The normalized spacial score (nSPS) is 10.5. The van der Waals surface area contributed by atoms with Gasteiger partial charge in [-0.3, -0.25) is 4.79 Å². The van der Waals surface area contributed by atoms with Gasteiger partial charge in [-0.15, -0.1) is 0 Å². The fourth-order valence-electron chi connectivity index (χ4n) is 1.54. The van der Waals surface area contributed by atoms with Gasteiger partial charge in [0.05, 0.1) is 17.9 Å². The molecule has 1 aromatic carbocycles. The van der Waals surface area contributed by atoms with Gasteiger partial charge in [0.2, 0.25) is 5.22 Å². The van der Waals surface area contributed by atoms with Crippen LogP contribution < -0.4 is 10.1 Å². The number of anilines is 1. The predicted molar refractivity (Wildman–Crippen MR) is 73.9 cm³/mol. The van der Waals surface area contributed by atoms with Crippen LogP contribution in [-0.2, 0) is 0 Å². The van der Waals surface area contributed by atoms with Gasteiger partial charge in [0.25, 0.3) is 5.91 Å². The van der Waals surface area contributed by atoms with Crippen molar-refractivity contribution in [3.8, 4) is 5.75 Å². The first-order valence-electron chi connectivity index (χ1n) is 5.87. The Bertz CT molecular complexity index is 560. The average molecular weight is 280 g/mol. The molecule has 5 heteroatoms. The molecule has 2 rings (SSSR count). The Balaban J connectivity index is 2.04. The number of hydrogen-bond acceptors (Lipinski definition) is 3. The number of hydrogen-bond donors (Lipinski definition) is 1. The molecule has 0 fully saturated rings. The number of nitrogens with one attached hydrogen (secondary N) is 1. The van der Waals surface area contributed by atoms with Crippen molar-refractivity contribution in [3.63, 3.8) is 0 Å². The first-order valence-corrected chi connectivity index (χ1v) is 6.25. The van der Waals surface area contributed by atoms with E-state index < -0.39 is 0 Å². The third-order valence-corrected chi connectivity index (χ3v) is 2.64. The van der Waals surface area contributed by atoms with E-state index in [0.29, 0.717) is 11.3 Å². The fraction of sp³-hybridized carbons (Fsp3) is 0.214. The average Bonchev–Trinajstić information content (AvgIpc) is 2.77. The van der Waals surface area contributed by atoms with E-state index in [1.54, 1.807) is 24.3 Å². The van der Waals surface area contributed by atoms with Gasteiger partial charge in [0.1, 0.15) is 5.75 Å². The van der Waals surface area contributed by atoms with E-state index in [2.05, 4.69) is 5.32 Å². The zero-order valence-corrected chi connectivity index (χ0v) is 11.4. The Kier molecular flexibility index (Phi) is 4.12. The van der Waals surface area contributed by atoms with Gasteiger partial charge in [0, 0.05) is 5.69 Å². The number of amides is 1. The lowest BCUT2D eigenvalue weighted by Gasteiger charge is -2.10. The molecule has 0 unspecified atom stereocenters. The van der Waals surface area contributed by atoms with Gasteiger partial charge in [-0.2, -0.15) is 0 Å². The molecule has 0 aliphatic rings. The highest BCUT2D eigenvalue weighted by Crippen LogP contribution is 2.20. The molecule has 2 aromatic rings. The van der Waals surface area contributed by atoms with E-state index in [1.165, 1.54) is 12.3 Å². The van der Waals surface area contributed by atoms with Crippen molar-refractivity contribution in [1.29, 1.82) is 0 Å². The van der Waals surface area contributed by atoms with Crippen LogP contribution >= 0.6 is 11.6 Å². The van der Waals surface area contributed by atoms with E-state index in [-0.39, 0.29) is 17.2 Å². The van der Waals surface area contributed by atoms with Crippen molar-refractivity contribution in [2.45, 2.75) is 20.0 Å². The van der Waals surface area contributed by atoms with E-state index in [0.717, 1.165) is 5.75 Å². The summed E-state index contributed by atoms with van der Waals surface area (Å²) in [5.41, 5.74) is 0.975. The maximum Gasteiger partial charge on any atom is 0.260 e. The Labute approximate surface area is 116 Å². The molecular weight excluding hydrogens is 266 g/mol. The molecule has 4 nitrogen and oxygen atoms in total. The molecule has 1 aromatic heterocycles. The van der Waals surface area contributed by atoms with Crippen LogP contribution in [0.2, 0.25) is 5.22 Å². The minimum Gasteiger partial charge on any atom is -0.491 e. The van der Waals surface area contributed by atoms with Crippen molar-refractivity contribution in [2.75, 3.05) is 5.32 Å². The van der Waals surface area contributed by atoms with Crippen molar-refractivity contribution >= 4 is 23.2 Å². The van der Waals surface area contributed by atoms with Gasteiger partial charge >= 0.3 is 0 Å². The van der Waals surface area contributed by atoms with Crippen LogP contribution in [-0.4, -0.2) is 12.0 Å². The van der Waals surface area contributed by atoms with Crippen molar-refractivity contribution in [3.05, 3.63) is 47.4 Å². The predicted octanol–water partition coefficient (Wildman–Crippen LogP) is 3.97. The molecule has 0 aliphatic carbocycles. The lowest BCUT2D eigenvalue weighted by molar-refractivity contribution is 0.102. The SMILES string of the molecule is CC(C)Oc1ccc(NC(=O)c2ccoc2Cl)cc1. The zero-order chi connectivity index (χ0) is 13.8. The van der Waals surface area contributed by atoms with Crippen LogP contribution in [0.3, 0.4) is 0 Å². The maximum atomic E-state index is 11.9. The van der Waals surface area contributed by atoms with Crippen LogP contribution in [0.4, 0.5) is 5.69 Å². The molecule has 19 heavy (non-hydrogen) atoms. The summed E-state index contributed by atoms with van der Waals surface area (Å²) >= 11 is 5.74. The quantitative estimate of drug-likeness (QED) is 0.921. The molecule has 0 aliphatic heterocycles. The molecular formula is C14H14ClNO3. The topological polar surface area (TPSA) is 51.5 Å². The molecule has 0 atom stereocenters. The van der Waals surface area contributed by atoms with Crippen molar-refractivity contribution in [1.82, 2.24) is 0 Å². The van der Waals surface area contributed by atoms with E-state index >= 15 is 0 Å². The van der Waals surface area contributed by atoms with Gasteiger partial charge in [0.15, 0.2) is 0 Å². The second-order valence-electron chi connectivity index (χ2n) is 4.25. The minimum atomic E-state index is -0.309. The van der Waals surface area contributed by atoms with Crippen LogP contribution in [0, 0.1) is 0 Å². The summed E-state index contributed by atoms with van der Waals surface area (Å²) in [5, 5.41) is 2.81.